The van der Waals surface area contributed by atoms with E-state index in [0.29, 0.717) is 17.0 Å². The summed E-state index contributed by atoms with van der Waals surface area (Å²) in [6.45, 7) is 2.37. The number of fused-ring (bicyclic) bond motifs is 1. The number of primary amides is 1. The second-order valence-corrected chi connectivity index (χ2v) is 7.98. The number of nitrogens with one attached hydrogen (secondary N) is 1. The monoisotopic (exact) mass is 376 g/mol. The van der Waals surface area contributed by atoms with Crippen LogP contribution >= 0.6 is 15.9 Å². The van der Waals surface area contributed by atoms with Gasteiger partial charge in [0, 0.05) is 16.7 Å². The number of aromatic nitrogens is 2. The van der Waals surface area contributed by atoms with Crippen LogP contribution in [0.3, 0.4) is 0 Å². The summed E-state index contributed by atoms with van der Waals surface area (Å²) in [4.78, 5) is 11.8. The molecule has 1 spiro atoms. The van der Waals surface area contributed by atoms with Crippen molar-refractivity contribution in [3.63, 3.8) is 0 Å². The molecule has 0 radical (unpaired) electrons. The Morgan fingerprint density at radius 2 is 2.35 bits per heavy atom. The average Bonchev–Trinajstić information content (AvgIpc) is 3.03. The van der Waals surface area contributed by atoms with E-state index in [9.17, 15) is 4.79 Å². The number of halogens is 1. The van der Waals surface area contributed by atoms with Crippen molar-refractivity contribution in [1.82, 2.24) is 9.61 Å². The van der Waals surface area contributed by atoms with Gasteiger partial charge in [-0.25, -0.2) is 4.52 Å². The third-order valence-electron chi connectivity index (χ3n) is 5.82. The fourth-order valence-electron chi connectivity index (χ4n) is 4.31. The van der Waals surface area contributed by atoms with Crippen LogP contribution in [0, 0.1) is 11.3 Å². The van der Waals surface area contributed by atoms with Crippen molar-refractivity contribution in [2.45, 2.75) is 45.1 Å². The molecule has 1 amide bonds. The van der Waals surface area contributed by atoms with Gasteiger partial charge in [0.05, 0.1) is 23.0 Å². The van der Waals surface area contributed by atoms with Gasteiger partial charge in [-0.1, -0.05) is 26.2 Å². The molecule has 0 aliphatic heterocycles. The number of nitrogens with zero attached hydrogens (tertiary/aromatic N) is 2. The zero-order chi connectivity index (χ0) is 16.2. The molecule has 2 fully saturated rings. The maximum atomic E-state index is 11.8. The number of rotatable bonds is 3. The van der Waals surface area contributed by atoms with Crippen LogP contribution in [0.15, 0.2) is 22.9 Å². The molecule has 2 aliphatic rings. The second kappa shape index (κ2) is 5.23. The predicted molar refractivity (Wildman–Crippen MR) is 93.5 cm³/mol. The molecule has 0 bridgehead atoms. The highest BCUT2D eigenvalue weighted by Crippen LogP contribution is 2.60. The van der Waals surface area contributed by atoms with Crippen LogP contribution < -0.4 is 11.1 Å². The molecule has 3 N–H and O–H groups in total. The van der Waals surface area contributed by atoms with E-state index < -0.39 is 5.91 Å². The highest BCUT2D eigenvalue weighted by molar-refractivity contribution is 9.10. The van der Waals surface area contributed by atoms with Crippen LogP contribution in [0.1, 0.15) is 49.4 Å². The number of anilines is 1. The summed E-state index contributed by atoms with van der Waals surface area (Å²) < 4.78 is 2.71. The van der Waals surface area contributed by atoms with Gasteiger partial charge in [-0.05, 0) is 46.2 Å². The van der Waals surface area contributed by atoms with E-state index >= 15 is 0 Å². The van der Waals surface area contributed by atoms with E-state index in [1.54, 1.807) is 10.7 Å². The van der Waals surface area contributed by atoms with Crippen molar-refractivity contribution in [2.24, 2.45) is 17.1 Å². The number of nitrogens with two attached hydrogens (primary N) is 1. The molecule has 6 heteroatoms. The van der Waals surface area contributed by atoms with E-state index in [-0.39, 0.29) is 0 Å². The average molecular weight is 377 g/mol. The van der Waals surface area contributed by atoms with Crippen LogP contribution in [0.5, 0.6) is 0 Å². The molecule has 0 saturated heterocycles. The fraction of sp³-hybridized carbons (Fsp3) is 0.529. The molecule has 2 unspecified atom stereocenters. The molecule has 2 aromatic rings. The van der Waals surface area contributed by atoms with Gasteiger partial charge in [0.25, 0.3) is 5.91 Å². The van der Waals surface area contributed by atoms with Crippen LogP contribution in [0.2, 0.25) is 0 Å². The normalized spacial score (nSPS) is 29.8. The van der Waals surface area contributed by atoms with Gasteiger partial charge in [0.15, 0.2) is 0 Å². The standard InChI is InChI=1S/C17H21BrN4O/c1-10-4-2-3-5-17(10)7-14(17)21-15-12(16(19)23)8-20-22-9-11(18)6-13(15)22/h6,8-10,14,21H,2-5,7H2,1H3,(H2,19,23)/t10?,14-,17?/m1/s1. The molecule has 3 atom stereocenters. The van der Waals surface area contributed by atoms with Gasteiger partial charge in [0.2, 0.25) is 0 Å². The first-order valence-electron chi connectivity index (χ1n) is 8.24. The van der Waals surface area contributed by atoms with Gasteiger partial charge >= 0.3 is 0 Å². The summed E-state index contributed by atoms with van der Waals surface area (Å²) in [5, 5.41) is 7.91. The lowest BCUT2D eigenvalue weighted by atomic mass is 9.77. The molecular formula is C17H21BrN4O. The topological polar surface area (TPSA) is 72.4 Å². The molecule has 5 nitrogen and oxygen atoms in total. The second-order valence-electron chi connectivity index (χ2n) is 7.07. The zero-order valence-electron chi connectivity index (χ0n) is 13.2. The predicted octanol–water partition coefficient (Wildman–Crippen LogP) is 3.58. The summed E-state index contributed by atoms with van der Waals surface area (Å²) in [6.07, 6.45) is 9.87. The number of carbonyl (C=O) groups is 1. The zero-order valence-corrected chi connectivity index (χ0v) is 14.8. The third-order valence-corrected chi connectivity index (χ3v) is 6.25. The molecule has 2 saturated carbocycles. The Bertz CT molecular complexity index is 786. The van der Waals surface area contributed by atoms with Gasteiger partial charge in [-0.2, -0.15) is 5.10 Å². The summed E-state index contributed by atoms with van der Waals surface area (Å²) in [6, 6.07) is 2.40. The van der Waals surface area contributed by atoms with E-state index in [0.717, 1.165) is 21.6 Å². The summed E-state index contributed by atoms with van der Waals surface area (Å²) in [5.74, 6) is 0.299. The highest BCUT2D eigenvalue weighted by Gasteiger charge is 2.57. The fourth-order valence-corrected chi connectivity index (χ4v) is 4.72. The molecule has 4 rings (SSSR count). The molecule has 0 aromatic carbocycles. The number of amides is 1. The third kappa shape index (κ3) is 2.35. The Labute approximate surface area is 143 Å². The summed E-state index contributed by atoms with van der Waals surface area (Å²) >= 11 is 3.48. The van der Waals surface area contributed by atoms with Crippen molar-refractivity contribution in [1.29, 1.82) is 0 Å². The lowest BCUT2D eigenvalue weighted by molar-refractivity contribution is 0.100. The Morgan fingerprint density at radius 1 is 1.52 bits per heavy atom. The largest absolute Gasteiger partial charge is 0.379 e. The minimum absolute atomic E-state index is 0.400. The molecule has 2 aromatic heterocycles. The first-order chi connectivity index (χ1) is 11.0. The van der Waals surface area contributed by atoms with Crippen LogP contribution in [-0.4, -0.2) is 21.6 Å². The number of hydrogen-bond donors (Lipinski definition) is 2. The van der Waals surface area contributed by atoms with Crippen molar-refractivity contribution in [3.05, 3.63) is 28.5 Å². The number of carbonyl (C=O) groups excluding carboxylic acids is 1. The molecule has 23 heavy (non-hydrogen) atoms. The van der Waals surface area contributed by atoms with Crippen molar-refractivity contribution in [2.75, 3.05) is 5.32 Å². The first kappa shape index (κ1) is 15.0. The van der Waals surface area contributed by atoms with E-state index in [1.807, 2.05) is 12.3 Å². The molecule has 2 heterocycles. The van der Waals surface area contributed by atoms with Gasteiger partial charge in [-0.15, -0.1) is 0 Å². The first-order valence-corrected chi connectivity index (χ1v) is 9.04. The number of hydrogen-bond acceptors (Lipinski definition) is 3. The summed E-state index contributed by atoms with van der Waals surface area (Å²) in [7, 11) is 0. The van der Waals surface area contributed by atoms with E-state index in [4.69, 9.17) is 5.73 Å². The van der Waals surface area contributed by atoms with Crippen molar-refractivity contribution < 1.29 is 4.79 Å². The lowest BCUT2D eigenvalue weighted by Crippen LogP contribution is -2.26. The summed E-state index contributed by atoms with van der Waals surface area (Å²) in [5.41, 5.74) is 8.14. The lowest BCUT2D eigenvalue weighted by Gasteiger charge is -2.30. The van der Waals surface area contributed by atoms with Crippen molar-refractivity contribution in [3.8, 4) is 0 Å². The smallest absolute Gasteiger partial charge is 0.252 e. The Kier molecular flexibility index (Phi) is 3.41. The SMILES string of the molecule is CC1CCCCC12C[C@H]2Nc1c(C(N)=O)cnn2cc(Br)cc12. The molecule has 122 valence electrons. The minimum Gasteiger partial charge on any atom is -0.379 e. The molecule has 2 aliphatic carbocycles. The van der Waals surface area contributed by atoms with Crippen LogP contribution in [-0.2, 0) is 0 Å². The Balaban J connectivity index is 1.71. The van der Waals surface area contributed by atoms with Crippen LogP contribution in [0.4, 0.5) is 5.69 Å². The maximum Gasteiger partial charge on any atom is 0.252 e. The Morgan fingerprint density at radius 3 is 3.09 bits per heavy atom. The van der Waals surface area contributed by atoms with Gasteiger partial charge < -0.3 is 11.1 Å². The van der Waals surface area contributed by atoms with Gasteiger partial charge in [0.1, 0.15) is 0 Å². The maximum absolute atomic E-state index is 11.8. The minimum atomic E-state index is -0.439. The Hall–Kier alpha value is -1.56. The quantitative estimate of drug-likeness (QED) is 0.859. The van der Waals surface area contributed by atoms with Crippen molar-refractivity contribution >= 4 is 33.0 Å². The van der Waals surface area contributed by atoms with E-state index in [1.165, 1.54) is 32.1 Å². The van der Waals surface area contributed by atoms with E-state index in [2.05, 4.69) is 33.3 Å². The highest BCUT2D eigenvalue weighted by atomic mass is 79.9. The van der Waals surface area contributed by atoms with Crippen LogP contribution in [0.25, 0.3) is 5.52 Å². The van der Waals surface area contributed by atoms with Gasteiger partial charge in [-0.3, -0.25) is 4.79 Å². The molecular weight excluding hydrogens is 356 g/mol.